The molecule has 0 saturated heterocycles. The number of anilines is 2. The largest absolute Gasteiger partial charge is 0.325 e. The van der Waals surface area contributed by atoms with Crippen LogP contribution in [0.25, 0.3) is 0 Å². The van der Waals surface area contributed by atoms with Gasteiger partial charge in [-0.15, -0.1) is 11.3 Å². The number of imide groups is 1. The minimum Gasteiger partial charge on any atom is -0.308 e. The van der Waals surface area contributed by atoms with Gasteiger partial charge < -0.3 is 5.32 Å². The number of nitrogens with zero attached hydrogens (tertiary/aromatic N) is 2. The van der Waals surface area contributed by atoms with E-state index in [4.69, 9.17) is 0 Å². The monoisotopic (exact) mass is 416 g/mol. The highest BCUT2D eigenvalue weighted by atomic mass is 32.2. The van der Waals surface area contributed by atoms with E-state index in [1.165, 1.54) is 18.3 Å². The summed E-state index contributed by atoms with van der Waals surface area (Å²) in [4.78, 5) is 28.3. The molecule has 28 heavy (non-hydrogen) atoms. The maximum Gasteiger partial charge on any atom is 0.325 e. The third-order valence-electron chi connectivity index (χ3n) is 3.54. The van der Waals surface area contributed by atoms with Crippen molar-refractivity contribution in [2.45, 2.75) is 4.90 Å². The van der Waals surface area contributed by atoms with Crippen molar-refractivity contribution in [3.8, 4) is 0 Å². The minimum atomic E-state index is -4.03. The molecule has 1 aromatic heterocycles. The summed E-state index contributed by atoms with van der Waals surface area (Å²) in [7, 11) is -4.03. The van der Waals surface area contributed by atoms with Crippen LogP contribution >= 0.6 is 11.3 Å². The maximum absolute atomic E-state index is 13.0. The number of hydrogen-bond donors (Lipinski definition) is 2. The van der Waals surface area contributed by atoms with Crippen molar-refractivity contribution in [2.24, 2.45) is 0 Å². The molecule has 3 amide bonds. The molecule has 10 heteroatoms. The predicted octanol–water partition coefficient (Wildman–Crippen LogP) is 2.69. The molecule has 2 N–H and O–H groups in total. The zero-order valence-electron chi connectivity index (χ0n) is 14.5. The van der Waals surface area contributed by atoms with Gasteiger partial charge in [0.05, 0.1) is 4.90 Å². The van der Waals surface area contributed by atoms with E-state index in [0.717, 1.165) is 15.6 Å². The van der Waals surface area contributed by atoms with Crippen LogP contribution in [0.4, 0.5) is 15.6 Å². The smallest absolute Gasteiger partial charge is 0.308 e. The molecule has 0 aliphatic heterocycles. The molecule has 0 saturated carbocycles. The lowest BCUT2D eigenvalue weighted by Crippen LogP contribution is -2.44. The highest BCUT2D eigenvalue weighted by molar-refractivity contribution is 7.93. The lowest BCUT2D eigenvalue weighted by molar-refractivity contribution is -0.118. The minimum absolute atomic E-state index is 0.0201. The Morgan fingerprint density at radius 2 is 1.64 bits per heavy atom. The third kappa shape index (κ3) is 4.72. The molecule has 0 unspecified atom stereocenters. The molecule has 3 aromatic rings. The van der Waals surface area contributed by atoms with Crippen molar-refractivity contribution >= 4 is 44.1 Å². The first-order chi connectivity index (χ1) is 13.5. The normalized spacial score (nSPS) is 10.9. The second-order valence-electron chi connectivity index (χ2n) is 5.51. The van der Waals surface area contributed by atoms with Crippen LogP contribution in [0, 0.1) is 0 Å². The molecule has 0 radical (unpaired) electrons. The van der Waals surface area contributed by atoms with Gasteiger partial charge >= 0.3 is 6.03 Å². The molecule has 0 atom stereocenters. The van der Waals surface area contributed by atoms with Crippen LogP contribution in [0.3, 0.4) is 0 Å². The molecule has 8 nitrogen and oxygen atoms in total. The van der Waals surface area contributed by atoms with E-state index in [0.29, 0.717) is 5.69 Å². The number of aromatic nitrogens is 1. The Bertz CT molecular complexity index is 1040. The number of carbonyl (C=O) groups is 2. The lowest BCUT2D eigenvalue weighted by atomic mass is 10.3. The molecular weight excluding hydrogens is 400 g/mol. The van der Waals surface area contributed by atoms with Gasteiger partial charge in [-0.05, 0) is 24.3 Å². The number of amides is 3. The number of urea groups is 1. The van der Waals surface area contributed by atoms with Crippen molar-refractivity contribution < 1.29 is 18.0 Å². The standard InChI is InChI=1S/C18H16N4O4S2/c23-16(21-17(24)20-14-7-3-1-4-8-14)13-22(18-19-11-12-27-18)28(25,26)15-9-5-2-6-10-15/h1-12H,13H2,(H2,20,21,23,24). The summed E-state index contributed by atoms with van der Waals surface area (Å²) in [5, 5.41) is 6.35. The van der Waals surface area contributed by atoms with Gasteiger partial charge in [-0.2, -0.15) is 0 Å². The van der Waals surface area contributed by atoms with Gasteiger partial charge in [-0.3, -0.25) is 10.1 Å². The molecule has 0 fully saturated rings. The number of sulfonamides is 1. The van der Waals surface area contributed by atoms with Crippen LogP contribution < -0.4 is 14.9 Å². The van der Waals surface area contributed by atoms with Gasteiger partial charge in [0.1, 0.15) is 6.54 Å². The average molecular weight is 416 g/mol. The van der Waals surface area contributed by atoms with Gasteiger partial charge in [0.15, 0.2) is 5.13 Å². The van der Waals surface area contributed by atoms with Gasteiger partial charge in [0, 0.05) is 17.3 Å². The highest BCUT2D eigenvalue weighted by Crippen LogP contribution is 2.25. The van der Waals surface area contributed by atoms with Crippen molar-refractivity contribution in [3.05, 3.63) is 72.2 Å². The third-order valence-corrected chi connectivity index (χ3v) is 6.20. The Hall–Kier alpha value is -3.24. The second kappa shape index (κ2) is 8.63. The summed E-state index contributed by atoms with van der Waals surface area (Å²) < 4.78 is 26.8. The van der Waals surface area contributed by atoms with Gasteiger partial charge in [0.2, 0.25) is 5.91 Å². The van der Waals surface area contributed by atoms with E-state index in [1.807, 2.05) is 0 Å². The summed E-state index contributed by atoms with van der Waals surface area (Å²) >= 11 is 1.07. The Morgan fingerprint density at radius 1 is 1.00 bits per heavy atom. The average Bonchev–Trinajstić information content (AvgIpc) is 3.21. The molecule has 144 valence electrons. The van der Waals surface area contributed by atoms with E-state index < -0.39 is 28.5 Å². The van der Waals surface area contributed by atoms with Crippen LogP contribution in [0.15, 0.2) is 77.1 Å². The molecular formula is C18H16N4O4S2. The summed E-state index contributed by atoms with van der Waals surface area (Å²) in [6.45, 7) is -0.590. The number of hydrogen-bond acceptors (Lipinski definition) is 6. The molecule has 0 bridgehead atoms. The summed E-state index contributed by atoms with van der Waals surface area (Å²) in [5.74, 6) is -0.789. The molecule has 0 aliphatic rings. The Balaban J connectivity index is 1.75. The molecule has 0 aliphatic carbocycles. The number of thiazole rings is 1. The summed E-state index contributed by atoms with van der Waals surface area (Å²) in [6, 6.07) is 15.5. The number of para-hydroxylation sites is 1. The first-order valence-corrected chi connectivity index (χ1v) is 10.4. The lowest BCUT2D eigenvalue weighted by Gasteiger charge is -2.21. The Labute approximate surface area is 165 Å². The highest BCUT2D eigenvalue weighted by Gasteiger charge is 2.29. The van der Waals surface area contributed by atoms with Crippen LogP contribution in [0.2, 0.25) is 0 Å². The van der Waals surface area contributed by atoms with Crippen molar-refractivity contribution in [1.29, 1.82) is 0 Å². The molecule has 1 heterocycles. The van der Waals surface area contributed by atoms with Crippen molar-refractivity contribution in [2.75, 3.05) is 16.2 Å². The molecule has 0 spiro atoms. The quantitative estimate of drug-likeness (QED) is 0.642. The zero-order valence-corrected chi connectivity index (χ0v) is 16.1. The van der Waals surface area contributed by atoms with E-state index in [9.17, 15) is 18.0 Å². The summed E-state index contributed by atoms with van der Waals surface area (Å²) in [5.41, 5.74) is 0.501. The fourth-order valence-electron chi connectivity index (χ4n) is 2.29. The van der Waals surface area contributed by atoms with Gasteiger partial charge in [-0.1, -0.05) is 36.4 Å². The van der Waals surface area contributed by atoms with Crippen molar-refractivity contribution in [3.63, 3.8) is 0 Å². The Morgan fingerprint density at radius 3 is 2.25 bits per heavy atom. The van der Waals surface area contributed by atoms with Crippen LogP contribution in [-0.2, 0) is 14.8 Å². The number of nitrogens with one attached hydrogen (secondary N) is 2. The number of rotatable bonds is 6. The molecule has 3 rings (SSSR count). The predicted molar refractivity (Wildman–Crippen MR) is 107 cm³/mol. The van der Waals surface area contributed by atoms with E-state index >= 15 is 0 Å². The van der Waals surface area contributed by atoms with Crippen LogP contribution in [0.5, 0.6) is 0 Å². The van der Waals surface area contributed by atoms with Crippen molar-refractivity contribution in [1.82, 2.24) is 10.3 Å². The maximum atomic E-state index is 13.0. The van der Waals surface area contributed by atoms with Gasteiger partial charge in [0.25, 0.3) is 10.0 Å². The number of benzene rings is 2. The fourth-order valence-corrected chi connectivity index (χ4v) is 4.56. The van der Waals surface area contributed by atoms with Crippen LogP contribution in [-0.4, -0.2) is 31.9 Å². The topological polar surface area (TPSA) is 108 Å². The first kappa shape index (κ1) is 19.5. The molecule has 2 aromatic carbocycles. The zero-order chi connectivity index (χ0) is 20.0. The SMILES string of the molecule is O=C(CN(c1nccs1)S(=O)(=O)c1ccccc1)NC(=O)Nc1ccccc1. The number of carbonyl (C=O) groups excluding carboxylic acids is 2. The Kier molecular flexibility index (Phi) is 6.02. The fraction of sp³-hybridized carbons (Fsp3) is 0.0556. The van der Waals surface area contributed by atoms with E-state index in [1.54, 1.807) is 53.9 Å². The van der Waals surface area contributed by atoms with Crippen LogP contribution in [0.1, 0.15) is 0 Å². The van der Waals surface area contributed by atoms with E-state index in [-0.39, 0.29) is 10.0 Å². The second-order valence-corrected chi connectivity index (χ2v) is 8.24. The summed E-state index contributed by atoms with van der Waals surface area (Å²) in [6.07, 6.45) is 1.44. The van der Waals surface area contributed by atoms with E-state index in [2.05, 4.69) is 15.6 Å². The van der Waals surface area contributed by atoms with Gasteiger partial charge in [-0.25, -0.2) is 22.5 Å². The first-order valence-electron chi connectivity index (χ1n) is 8.10.